The van der Waals surface area contributed by atoms with E-state index in [1.54, 1.807) is 54.0 Å². The van der Waals surface area contributed by atoms with E-state index in [4.69, 9.17) is 4.74 Å². The van der Waals surface area contributed by atoms with Crippen LogP contribution in [0.5, 0.6) is 5.88 Å². The number of alkyl halides is 3. The molecule has 0 unspecified atom stereocenters. The van der Waals surface area contributed by atoms with Gasteiger partial charge in [-0.25, -0.2) is 4.98 Å². The van der Waals surface area contributed by atoms with E-state index in [-0.39, 0.29) is 16.7 Å². The molecule has 0 spiro atoms. The van der Waals surface area contributed by atoms with Crippen LogP contribution < -0.4 is 15.5 Å². The predicted molar refractivity (Wildman–Crippen MR) is 119 cm³/mol. The number of allylic oxidation sites excluding steroid dienone is 8. The molecular weight excluding hydrogens is 407 g/mol. The lowest BCUT2D eigenvalue weighted by Gasteiger charge is -2.20. The van der Waals surface area contributed by atoms with E-state index < -0.39 is 12.8 Å². The average Bonchev–Trinajstić information content (AvgIpc) is 2.73. The number of pyridine rings is 2. The molecule has 0 aliphatic rings. The Bertz CT molecular complexity index is 1140. The first-order valence-electron chi connectivity index (χ1n) is 9.17. The lowest BCUT2D eigenvalue weighted by atomic mass is 10.2. The number of ether oxygens (including phenoxy) is 1. The van der Waals surface area contributed by atoms with Gasteiger partial charge >= 0.3 is 6.18 Å². The van der Waals surface area contributed by atoms with Gasteiger partial charge in [-0.05, 0) is 25.2 Å². The van der Waals surface area contributed by atoms with Crippen molar-refractivity contribution in [3.05, 3.63) is 96.5 Å². The molecule has 0 aliphatic carbocycles. The van der Waals surface area contributed by atoms with Gasteiger partial charge in [-0.1, -0.05) is 44.0 Å². The minimum atomic E-state index is -4.52. The van der Waals surface area contributed by atoms with Crippen LogP contribution in [-0.4, -0.2) is 22.3 Å². The zero-order valence-electron chi connectivity index (χ0n) is 16.9. The molecule has 0 aliphatic heterocycles. The van der Waals surface area contributed by atoms with Crippen LogP contribution in [0.3, 0.4) is 0 Å². The Morgan fingerprint density at radius 1 is 1.26 bits per heavy atom. The van der Waals surface area contributed by atoms with E-state index in [0.29, 0.717) is 22.7 Å². The maximum absolute atomic E-state index is 12.7. The van der Waals surface area contributed by atoms with Gasteiger partial charge in [0.05, 0.1) is 10.9 Å². The summed E-state index contributed by atoms with van der Waals surface area (Å²) in [5.74, 6) is 0.101. The lowest BCUT2D eigenvalue weighted by molar-refractivity contribution is -0.154. The minimum Gasteiger partial charge on any atom is -0.468 e. The van der Waals surface area contributed by atoms with E-state index in [1.165, 1.54) is 18.3 Å². The standard InChI is InChI=1S/C23H22F3N3O2/c1-5-9-11-17(8-4)29-19-12-22(31-15-23(24,25)26)27-14-18(19)20(30)13-21(29)28-16(7-3)10-6-2/h5-14,28H,1-3,15H2,4H3/b11-9-,16-10+,17-8+. The van der Waals surface area contributed by atoms with Crippen molar-refractivity contribution in [2.75, 3.05) is 11.9 Å². The molecule has 0 aromatic carbocycles. The van der Waals surface area contributed by atoms with Gasteiger partial charge in [-0.3, -0.25) is 9.36 Å². The van der Waals surface area contributed by atoms with Crippen LogP contribution >= 0.6 is 0 Å². The summed E-state index contributed by atoms with van der Waals surface area (Å²) in [7, 11) is 0. The molecule has 1 N–H and O–H groups in total. The summed E-state index contributed by atoms with van der Waals surface area (Å²) in [6, 6.07) is 2.66. The van der Waals surface area contributed by atoms with Crippen LogP contribution in [0.1, 0.15) is 6.92 Å². The van der Waals surface area contributed by atoms with Gasteiger partial charge in [-0.2, -0.15) is 13.2 Å². The number of rotatable bonds is 9. The van der Waals surface area contributed by atoms with Crippen LogP contribution in [0.4, 0.5) is 19.0 Å². The fourth-order valence-corrected chi connectivity index (χ4v) is 2.70. The average molecular weight is 429 g/mol. The Morgan fingerprint density at radius 3 is 2.58 bits per heavy atom. The van der Waals surface area contributed by atoms with E-state index in [0.717, 1.165) is 0 Å². The largest absolute Gasteiger partial charge is 0.468 e. The highest BCUT2D eigenvalue weighted by Crippen LogP contribution is 2.26. The second-order valence-corrected chi connectivity index (χ2v) is 6.17. The SMILES string of the molecule is C=C/C=C\C(=C/C)n1c(N/C(C=C)=C/C=C)cc(=O)c2cnc(OCC(F)(F)F)cc21. The van der Waals surface area contributed by atoms with Crippen LogP contribution in [-0.2, 0) is 0 Å². The van der Waals surface area contributed by atoms with E-state index in [1.807, 2.05) is 0 Å². The Balaban J connectivity index is 2.80. The number of halogens is 3. The second-order valence-electron chi connectivity index (χ2n) is 6.17. The summed E-state index contributed by atoms with van der Waals surface area (Å²) >= 11 is 0. The maximum atomic E-state index is 12.7. The smallest absolute Gasteiger partial charge is 0.422 e. The van der Waals surface area contributed by atoms with Gasteiger partial charge in [0.2, 0.25) is 5.88 Å². The third kappa shape index (κ3) is 6.08. The molecule has 0 amide bonds. The lowest BCUT2D eigenvalue weighted by Crippen LogP contribution is -2.20. The Kier molecular flexibility index (Phi) is 7.79. The second kappa shape index (κ2) is 10.3. The van der Waals surface area contributed by atoms with Crippen molar-refractivity contribution in [2.45, 2.75) is 13.1 Å². The van der Waals surface area contributed by atoms with Gasteiger partial charge in [0.1, 0.15) is 5.82 Å². The summed E-state index contributed by atoms with van der Waals surface area (Å²) in [5.41, 5.74) is 1.13. The summed E-state index contributed by atoms with van der Waals surface area (Å²) in [4.78, 5) is 16.5. The first-order chi connectivity index (χ1) is 14.7. The number of aromatic nitrogens is 2. The van der Waals surface area contributed by atoms with Crippen molar-refractivity contribution in [1.29, 1.82) is 0 Å². The third-order valence-corrected chi connectivity index (χ3v) is 4.00. The maximum Gasteiger partial charge on any atom is 0.422 e. The topological polar surface area (TPSA) is 56.2 Å². The molecule has 2 heterocycles. The third-order valence-electron chi connectivity index (χ3n) is 4.00. The van der Waals surface area contributed by atoms with E-state index in [2.05, 4.69) is 30.0 Å². The van der Waals surface area contributed by atoms with Gasteiger partial charge in [-0.15, -0.1) is 0 Å². The van der Waals surface area contributed by atoms with Crippen LogP contribution in [0.25, 0.3) is 16.6 Å². The molecule has 2 aromatic heterocycles. The van der Waals surface area contributed by atoms with E-state index in [9.17, 15) is 18.0 Å². The minimum absolute atomic E-state index is 0.212. The zero-order valence-corrected chi connectivity index (χ0v) is 16.9. The summed E-state index contributed by atoms with van der Waals surface area (Å²) in [6.45, 7) is 11.3. The van der Waals surface area contributed by atoms with Crippen LogP contribution in [0, 0.1) is 0 Å². The molecule has 0 bridgehead atoms. The van der Waals surface area contributed by atoms with Crippen molar-refractivity contribution in [1.82, 2.24) is 9.55 Å². The molecule has 2 aromatic rings. The molecule has 0 saturated heterocycles. The first kappa shape index (κ1) is 23.5. The monoisotopic (exact) mass is 429 g/mol. The molecule has 0 fully saturated rings. The molecule has 0 radical (unpaired) electrons. The Morgan fingerprint density at radius 2 is 2.00 bits per heavy atom. The number of hydrogen-bond acceptors (Lipinski definition) is 4. The highest BCUT2D eigenvalue weighted by Gasteiger charge is 2.28. The molecule has 162 valence electrons. The zero-order chi connectivity index (χ0) is 23.0. The van der Waals surface area contributed by atoms with Gasteiger partial charge in [0.15, 0.2) is 12.0 Å². The van der Waals surface area contributed by atoms with Gasteiger partial charge < -0.3 is 10.1 Å². The number of nitrogens with one attached hydrogen (secondary N) is 1. The van der Waals surface area contributed by atoms with Crippen LogP contribution in [0.2, 0.25) is 0 Å². The van der Waals surface area contributed by atoms with Crippen molar-refractivity contribution in [3.8, 4) is 5.88 Å². The Hall–Kier alpha value is -3.81. The predicted octanol–water partition coefficient (Wildman–Crippen LogP) is 5.61. The highest BCUT2D eigenvalue weighted by atomic mass is 19.4. The molecule has 5 nitrogen and oxygen atoms in total. The molecular formula is C23H22F3N3O2. The number of anilines is 1. The summed E-state index contributed by atoms with van der Waals surface area (Å²) in [6.07, 6.45) is 8.21. The van der Waals surface area contributed by atoms with Gasteiger partial charge in [0, 0.05) is 29.7 Å². The fourth-order valence-electron chi connectivity index (χ4n) is 2.70. The normalized spacial score (nSPS) is 12.8. The Labute approximate surface area is 177 Å². The highest BCUT2D eigenvalue weighted by molar-refractivity contribution is 5.86. The molecule has 31 heavy (non-hydrogen) atoms. The van der Waals surface area contributed by atoms with Crippen LogP contribution in [0.15, 0.2) is 91.1 Å². The molecule has 0 atom stereocenters. The first-order valence-corrected chi connectivity index (χ1v) is 9.17. The van der Waals surface area contributed by atoms with Crippen molar-refractivity contribution in [3.63, 3.8) is 0 Å². The van der Waals surface area contributed by atoms with Crippen molar-refractivity contribution < 1.29 is 17.9 Å². The quantitative estimate of drug-likeness (QED) is 0.527. The number of nitrogens with zero attached hydrogens (tertiary/aromatic N) is 2. The van der Waals surface area contributed by atoms with Gasteiger partial charge in [0.25, 0.3) is 0 Å². The van der Waals surface area contributed by atoms with Crippen molar-refractivity contribution in [2.24, 2.45) is 0 Å². The van der Waals surface area contributed by atoms with Crippen molar-refractivity contribution >= 4 is 22.4 Å². The number of fused-ring (bicyclic) bond motifs is 1. The summed E-state index contributed by atoms with van der Waals surface area (Å²) < 4.78 is 44.2. The number of hydrogen-bond donors (Lipinski definition) is 1. The fraction of sp³-hybridized carbons (Fsp3) is 0.130. The molecule has 8 heteroatoms. The molecule has 0 saturated carbocycles. The molecule has 2 rings (SSSR count). The van der Waals surface area contributed by atoms with E-state index >= 15 is 0 Å². The summed E-state index contributed by atoms with van der Waals surface area (Å²) in [5, 5.41) is 3.30.